The normalized spacial score (nSPS) is 10.6. The number of halogens is 1. The van der Waals surface area contributed by atoms with Crippen LogP contribution in [0.4, 0.5) is 5.95 Å². The SMILES string of the molecule is CCNc1ncc(C)c(-c2c(Br)nnn2C)n1. The molecular formula is C10H13BrN6. The molecule has 0 radical (unpaired) electrons. The van der Waals surface area contributed by atoms with E-state index in [2.05, 4.69) is 41.5 Å². The van der Waals surface area contributed by atoms with E-state index in [-0.39, 0.29) is 0 Å². The van der Waals surface area contributed by atoms with Gasteiger partial charge in [-0.25, -0.2) is 14.6 Å². The third kappa shape index (κ3) is 2.28. The number of aryl methyl sites for hydroxylation is 2. The lowest BCUT2D eigenvalue weighted by Gasteiger charge is -2.07. The van der Waals surface area contributed by atoms with Crippen LogP contribution in [-0.4, -0.2) is 31.5 Å². The van der Waals surface area contributed by atoms with Crippen LogP contribution in [0.2, 0.25) is 0 Å². The van der Waals surface area contributed by atoms with Gasteiger partial charge in [0, 0.05) is 19.8 Å². The van der Waals surface area contributed by atoms with Gasteiger partial charge in [0.1, 0.15) is 5.69 Å². The predicted molar refractivity (Wildman–Crippen MR) is 68.6 cm³/mol. The van der Waals surface area contributed by atoms with Crippen LogP contribution >= 0.6 is 15.9 Å². The van der Waals surface area contributed by atoms with E-state index >= 15 is 0 Å². The van der Waals surface area contributed by atoms with E-state index in [4.69, 9.17) is 0 Å². The van der Waals surface area contributed by atoms with E-state index in [1.54, 1.807) is 10.9 Å². The zero-order valence-electron chi connectivity index (χ0n) is 9.90. The minimum Gasteiger partial charge on any atom is -0.354 e. The van der Waals surface area contributed by atoms with Crippen molar-refractivity contribution in [1.82, 2.24) is 25.0 Å². The third-order valence-corrected chi connectivity index (χ3v) is 2.85. The van der Waals surface area contributed by atoms with E-state index < -0.39 is 0 Å². The minimum atomic E-state index is 0.612. The zero-order valence-corrected chi connectivity index (χ0v) is 11.5. The number of anilines is 1. The Morgan fingerprint density at radius 2 is 2.24 bits per heavy atom. The van der Waals surface area contributed by atoms with Crippen molar-refractivity contribution in [3.05, 3.63) is 16.4 Å². The molecule has 2 aromatic heterocycles. The minimum absolute atomic E-state index is 0.612. The van der Waals surface area contributed by atoms with Crippen LogP contribution in [0.3, 0.4) is 0 Å². The Hall–Kier alpha value is -1.50. The number of hydrogen-bond acceptors (Lipinski definition) is 5. The van der Waals surface area contributed by atoms with Crippen LogP contribution in [0.15, 0.2) is 10.8 Å². The topological polar surface area (TPSA) is 68.5 Å². The molecule has 6 nitrogen and oxygen atoms in total. The Balaban J connectivity index is 2.54. The van der Waals surface area contributed by atoms with E-state index in [0.29, 0.717) is 10.6 Å². The molecule has 17 heavy (non-hydrogen) atoms. The zero-order chi connectivity index (χ0) is 12.4. The highest BCUT2D eigenvalue weighted by Crippen LogP contribution is 2.26. The monoisotopic (exact) mass is 296 g/mol. The molecule has 0 saturated heterocycles. The molecule has 0 saturated carbocycles. The van der Waals surface area contributed by atoms with Gasteiger partial charge in [-0.15, -0.1) is 5.10 Å². The average molecular weight is 297 g/mol. The number of nitrogens with one attached hydrogen (secondary N) is 1. The van der Waals surface area contributed by atoms with Crippen molar-refractivity contribution in [2.45, 2.75) is 13.8 Å². The van der Waals surface area contributed by atoms with E-state index in [1.807, 2.05) is 20.9 Å². The Morgan fingerprint density at radius 1 is 1.47 bits per heavy atom. The molecule has 0 unspecified atom stereocenters. The third-order valence-electron chi connectivity index (χ3n) is 2.32. The van der Waals surface area contributed by atoms with Gasteiger partial charge >= 0.3 is 0 Å². The highest BCUT2D eigenvalue weighted by molar-refractivity contribution is 9.10. The lowest BCUT2D eigenvalue weighted by atomic mass is 10.2. The molecule has 0 fully saturated rings. The van der Waals surface area contributed by atoms with Gasteiger partial charge in [0.15, 0.2) is 4.60 Å². The van der Waals surface area contributed by atoms with E-state index in [0.717, 1.165) is 23.5 Å². The van der Waals surface area contributed by atoms with Crippen molar-refractivity contribution in [3.8, 4) is 11.4 Å². The first-order chi connectivity index (χ1) is 8.13. The Bertz CT molecular complexity index is 516. The van der Waals surface area contributed by atoms with Crippen LogP contribution in [0.25, 0.3) is 11.4 Å². The van der Waals surface area contributed by atoms with Crippen molar-refractivity contribution in [1.29, 1.82) is 0 Å². The summed E-state index contributed by atoms with van der Waals surface area (Å²) in [5, 5.41) is 11.0. The molecule has 0 aliphatic carbocycles. The molecule has 0 amide bonds. The highest BCUT2D eigenvalue weighted by Gasteiger charge is 2.15. The smallest absolute Gasteiger partial charge is 0.223 e. The predicted octanol–water partition coefficient (Wildman–Crippen LogP) is 1.77. The Morgan fingerprint density at radius 3 is 2.82 bits per heavy atom. The maximum atomic E-state index is 4.47. The first-order valence-electron chi connectivity index (χ1n) is 5.26. The Kier molecular flexibility index (Phi) is 3.37. The average Bonchev–Trinajstić information content (AvgIpc) is 2.62. The summed E-state index contributed by atoms with van der Waals surface area (Å²) in [5.74, 6) is 0.612. The number of hydrogen-bond donors (Lipinski definition) is 1. The summed E-state index contributed by atoms with van der Waals surface area (Å²) in [7, 11) is 1.83. The summed E-state index contributed by atoms with van der Waals surface area (Å²) in [4.78, 5) is 8.68. The van der Waals surface area contributed by atoms with Gasteiger partial charge in [0.05, 0.1) is 5.69 Å². The molecule has 0 spiro atoms. The molecule has 0 aromatic carbocycles. The van der Waals surface area contributed by atoms with Gasteiger partial charge in [-0.2, -0.15) is 0 Å². The van der Waals surface area contributed by atoms with Crippen LogP contribution in [0, 0.1) is 6.92 Å². The van der Waals surface area contributed by atoms with Crippen molar-refractivity contribution >= 4 is 21.9 Å². The molecular weight excluding hydrogens is 284 g/mol. The number of aromatic nitrogens is 5. The maximum absolute atomic E-state index is 4.47. The van der Waals surface area contributed by atoms with Gasteiger partial charge in [0.25, 0.3) is 0 Å². The van der Waals surface area contributed by atoms with Crippen LogP contribution in [0.5, 0.6) is 0 Å². The summed E-state index contributed by atoms with van der Waals surface area (Å²) >= 11 is 3.38. The van der Waals surface area contributed by atoms with E-state index in [1.165, 1.54) is 0 Å². The van der Waals surface area contributed by atoms with Crippen LogP contribution in [-0.2, 0) is 7.05 Å². The summed E-state index contributed by atoms with van der Waals surface area (Å²) in [6.07, 6.45) is 1.79. The fraction of sp³-hybridized carbons (Fsp3) is 0.400. The van der Waals surface area contributed by atoms with Crippen LogP contribution < -0.4 is 5.32 Å². The summed E-state index contributed by atoms with van der Waals surface area (Å²) < 4.78 is 2.37. The summed E-state index contributed by atoms with van der Waals surface area (Å²) in [6, 6.07) is 0. The lowest BCUT2D eigenvalue weighted by Crippen LogP contribution is -2.05. The van der Waals surface area contributed by atoms with E-state index in [9.17, 15) is 0 Å². The second-order valence-electron chi connectivity index (χ2n) is 3.61. The van der Waals surface area contributed by atoms with Gasteiger partial charge in [-0.3, -0.25) is 0 Å². The Labute approximate surface area is 108 Å². The quantitative estimate of drug-likeness (QED) is 0.935. The number of rotatable bonds is 3. The number of nitrogens with zero attached hydrogens (tertiary/aromatic N) is 5. The molecule has 2 heterocycles. The lowest BCUT2D eigenvalue weighted by molar-refractivity contribution is 0.718. The molecule has 0 bridgehead atoms. The van der Waals surface area contributed by atoms with Gasteiger partial charge in [-0.05, 0) is 35.3 Å². The molecule has 0 atom stereocenters. The van der Waals surface area contributed by atoms with Crippen LogP contribution in [0.1, 0.15) is 12.5 Å². The van der Waals surface area contributed by atoms with Crippen molar-refractivity contribution in [2.75, 3.05) is 11.9 Å². The molecule has 2 rings (SSSR count). The maximum Gasteiger partial charge on any atom is 0.223 e. The molecule has 90 valence electrons. The fourth-order valence-electron chi connectivity index (χ4n) is 1.51. The van der Waals surface area contributed by atoms with Gasteiger partial charge in [-0.1, -0.05) is 5.21 Å². The largest absolute Gasteiger partial charge is 0.354 e. The molecule has 0 aliphatic rings. The summed E-state index contributed by atoms with van der Waals surface area (Å²) in [6.45, 7) is 4.75. The van der Waals surface area contributed by atoms with Gasteiger partial charge in [0.2, 0.25) is 5.95 Å². The second-order valence-corrected chi connectivity index (χ2v) is 4.36. The highest BCUT2D eigenvalue weighted by atomic mass is 79.9. The van der Waals surface area contributed by atoms with Crippen molar-refractivity contribution in [3.63, 3.8) is 0 Å². The standard InChI is InChI=1S/C10H13BrN6/c1-4-12-10-13-5-6(2)7(14-10)8-9(11)15-16-17(8)3/h5H,4H2,1-3H3,(H,12,13,14). The summed E-state index contributed by atoms with van der Waals surface area (Å²) in [5.41, 5.74) is 2.66. The van der Waals surface area contributed by atoms with Gasteiger partial charge < -0.3 is 5.32 Å². The molecule has 1 N–H and O–H groups in total. The molecule has 0 aliphatic heterocycles. The van der Waals surface area contributed by atoms with Crippen molar-refractivity contribution in [2.24, 2.45) is 7.05 Å². The fourth-order valence-corrected chi connectivity index (χ4v) is 2.02. The molecule has 2 aromatic rings. The first-order valence-corrected chi connectivity index (χ1v) is 6.05. The molecule has 7 heteroatoms. The van der Waals surface area contributed by atoms with Crippen molar-refractivity contribution < 1.29 is 0 Å². The first kappa shape index (κ1) is 12.0. The second kappa shape index (κ2) is 4.79.